The summed E-state index contributed by atoms with van der Waals surface area (Å²) >= 11 is 0. The molecule has 0 aliphatic heterocycles. The molecule has 11 heavy (non-hydrogen) atoms. The number of hydrogen-bond acceptors (Lipinski definition) is 1. The van der Waals surface area contributed by atoms with E-state index >= 15 is 0 Å². The smallest absolute Gasteiger partial charge is 0.155 e. The van der Waals surface area contributed by atoms with E-state index in [0.717, 1.165) is 12.8 Å². The van der Waals surface area contributed by atoms with Crippen molar-refractivity contribution in [1.29, 1.82) is 0 Å². The van der Waals surface area contributed by atoms with E-state index < -0.39 is 0 Å². The van der Waals surface area contributed by atoms with Gasteiger partial charge in [-0.05, 0) is 24.3 Å². The molecule has 62 valence electrons. The van der Waals surface area contributed by atoms with Gasteiger partial charge in [0, 0.05) is 6.42 Å². The van der Waals surface area contributed by atoms with Crippen molar-refractivity contribution in [2.24, 2.45) is 11.8 Å². The first kappa shape index (κ1) is 8.51. The lowest BCUT2D eigenvalue weighted by molar-refractivity contribution is -0.115. The maximum Gasteiger partial charge on any atom is 0.155 e. The normalized spacial score (nSPS) is 25.6. The van der Waals surface area contributed by atoms with E-state index in [1.165, 1.54) is 5.57 Å². The van der Waals surface area contributed by atoms with Crippen LogP contribution in [0.3, 0.4) is 0 Å². The summed E-state index contributed by atoms with van der Waals surface area (Å²) < 4.78 is 0. The van der Waals surface area contributed by atoms with Gasteiger partial charge in [-0.3, -0.25) is 4.79 Å². The minimum absolute atomic E-state index is 0.312. The van der Waals surface area contributed by atoms with Crippen molar-refractivity contribution in [3.8, 4) is 0 Å². The zero-order valence-corrected chi connectivity index (χ0v) is 7.55. The molecule has 0 bridgehead atoms. The largest absolute Gasteiger partial charge is 0.295 e. The monoisotopic (exact) mass is 152 g/mol. The van der Waals surface area contributed by atoms with Gasteiger partial charge in [-0.2, -0.15) is 0 Å². The van der Waals surface area contributed by atoms with E-state index in [4.69, 9.17) is 0 Å². The molecule has 0 aromatic carbocycles. The third-order valence-electron chi connectivity index (χ3n) is 2.39. The van der Waals surface area contributed by atoms with Gasteiger partial charge in [0.2, 0.25) is 0 Å². The maximum absolute atomic E-state index is 11.0. The van der Waals surface area contributed by atoms with E-state index in [2.05, 4.69) is 20.8 Å². The Kier molecular flexibility index (Phi) is 2.48. The van der Waals surface area contributed by atoms with Crippen molar-refractivity contribution >= 4 is 5.78 Å². The number of hydrogen-bond donors (Lipinski definition) is 0. The first-order valence-electron chi connectivity index (χ1n) is 4.35. The minimum Gasteiger partial charge on any atom is -0.295 e. The highest BCUT2D eigenvalue weighted by Gasteiger charge is 2.19. The number of carbonyl (C=O) groups is 1. The van der Waals surface area contributed by atoms with Gasteiger partial charge >= 0.3 is 0 Å². The first-order chi connectivity index (χ1) is 5.11. The van der Waals surface area contributed by atoms with Gasteiger partial charge in [0.1, 0.15) is 0 Å². The number of ketones is 1. The maximum atomic E-state index is 11.0. The average molecular weight is 152 g/mol. The highest BCUT2D eigenvalue weighted by atomic mass is 16.1. The Morgan fingerprint density at radius 1 is 1.55 bits per heavy atom. The topological polar surface area (TPSA) is 17.1 Å². The molecule has 0 unspecified atom stereocenters. The molecule has 1 nitrogen and oxygen atoms in total. The van der Waals surface area contributed by atoms with E-state index in [0.29, 0.717) is 17.6 Å². The molecule has 1 heteroatoms. The fourth-order valence-corrected chi connectivity index (χ4v) is 1.66. The van der Waals surface area contributed by atoms with Crippen molar-refractivity contribution < 1.29 is 4.79 Å². The predicted molar refractivity (Wildman–Crippen MR) is 46.3 cm³/mol. The minimum atomic E-state index is 0.312. The molecule has 0 aromatic heterocycles. The van der Waals surface area contributed by atoms with Crippen molar-refractivity contribution in [2.45, 2.75) is 33.6 Å². The van der Waals surface area contributed by atoms with Gasteiger partial charge in [-0.1, -0.05) is 26.3 Å². The summed E-state index contributed by atoms with van der Waals surface area (Å²) in [5.74, 6) is 1.47. The summed E-state index contributed by atoms with van der Waals surface area (Å²) in [5.41, 5.74) is 1.33. The van der Waals surface area contributed by atoms with Crippen LogP contribution in [0, 0.1) is 11.8 Å². The molecule has 0 saturated heterocycles. The fourth-order valence-electron chi connectivity index (χ4n) is 1.66. The van der Waals surface area contributed by atoms with Gasteiger partial charge in [-0.25, -0.2) is 0 Å². The Balaban J connectivity index is 2.79. The molecule has 1 aliphatic carbocycles. The lowest BCUT2D eigenvalue weighted by atomic mass is 9.83. The average Bonchev–Trinajstić information content (AvgIpc) is 1.94. The standard InChI is InChI=1S/C10H16O/c1-7(2)10-6-9(11)5-4-8(10)3/h6-8H,4-5H2,1-3H3/t8-/m1/s1. The molecule has 0 fully saturated rings. The van der Waals surface area contributed by atoms with Crippen molar-refractivity contribution in [3.63, 3.8) is 0 Å². The second-order valence-electron chi connectivity index (χ2n) is 3.71. The molecule has 1 aliphatic rings. The number of rotatable bonds is 1. The van der Waals surface area contributed by atoms with Crippen LogP contribution in [0.1, 0.15) is 33.6 Å². The Hall–Kier alpha value is -0.590. The SMILES string of the molecule is CC(C)C1=CC(=O)CC[C@H]1C. The van der Waals surface area contributed by atoms with Gasteiger partial charge in [-0.15, -0.1) is 0 Å². The van der Waals surface area contributed by atoms with Gasteiger partial charge in [0.05, 0.1) is 0 Å². The second kappa shape index (κ2) is 3.21. The van der Waals surface area contributed by atoms with Crippen LogP contribution < -0.4 is 0 Å². The van der Waals surface area contributed by atoms with E-state index in [1.807, 2.05) is 6.08 Å². The van der Waals surface area contributed by atoms with Crippen molar-refractivity contribution in [2.75, 3.05) is 0 Å². The van der Waals surface area contributed by atoms with Crippen LogP contribution in [-0.2, 0) is 4.79 Å². The van der Waals surface area contributed by atoms with E-state index in [1.54, 1.807) is 0 Å². The highest BCUT2D eigenvalue weighted by molar-refractivity contribution is 5.91. The second-order valence-corrected chi connectivity index (χ2v) is 3.71. The molecule has 0 N–H and O–H groups in total. The summed E-state index contributed by atoms with van der Waals surface area (Å²) in [7, 11) is 0. The molecule has 1 atom stereocenters. The van der Waals surface area contributed by atoms with Crippen molar-refractivity contribution in [3.05, 3.63) is 11.6 Å². The third-order valence-corrected chi connectivity index (χ3v) is 2.39. The Labute approximate surface area is 68.5 Å². The van der Waals surface area contributed by atoms with Crippen molar-refractivity contribution in [1.82, 2.24) is 0 Å². The summed E-state index contributed by atoms with van der Waals surface area (Å²) in [6, 6.07) is 0. The van der Waals surface area contributed by atoms with Crippen LogP contribution in [0.15, 0.2) is 11.6 Å². The van der Waals surface area contributed by atoms with Crippen LogP contribution in [-0.4, -0.2) is 5.78 Å². The molecule has 0 amide bonds. The van der Waals surface area contributed by atoms with Gasteiger partial charge in [0.25, 0.3) is 0 Å². The Morgan fingerprint density at radius 2 is 2.18 bits per heavy atom. The summed E-state index contributed by atoms with van der Waals surface area (Å²) in [6.45, 7) is 6.51. The molecule has 0 saturated carbocycles. The quantitative estimate of drug-likeness (QED) is 0.564. The van der Waals surface area contributed by atoms with E-state index in [-0.39, 0.29) is 0 Å². The Bertz CT molecular complexity index is 189. The molecular formula is C10H16O. The predicted octanol–water partition coefficient (Wildman–Crippen LogP) is 2.57. The fraction of sp³-hybridized carbons (Fsp3) is 0.700. The third kappa shape index (κ3) is 1.92. The molecule has 0 radical (unpaired) electrons. The molecule has 0 spiro atoms. The summed E-state index contributed by atoms with van der Waals surface area (Å²) in [6.07, 6.45) is 3.64. The zero-order chi connectivity index (χ0) is 8.43. The highest BCUT2D eigenvalue weighted by Crippen LogP contribution is 2.27. The van der Waals surface area contributed by atoms with Crippen LogP contribution in [0.2, 0.25) is 0 Å². The summed E-state index contributed by atoms with van der Waals surface area (Å²) in [5, 5.41) is 0. The lowest BCUT2D eigenvalue weighted by Crippen LogP contribution is -2.14. The van der Waals surface area contributed by atoms with Crippen LogP contribution >= 0.6 is 0 Å². The van der Waals surface area contributed by atoms with E-state index in [9.17, 15) is 4.79 Å². The zero-order valence-electron chi connectivity index (χ0n) is 7.55. The molecule has 0 heterocycles. The Morgan fingerprint density at radius 3 is 2.64 bits per heavy atom. The molecule has 1 rings (SSSR count). The van der Waals surface area contributed by atoms with Gasteiger partial charge < -0.3 is 0 Å². The van der Waals surface area contributed by atoms with Crippen LogP contribution in [0.25, 0.3) is 0 Å². The lowest BCUT2D eigenvalue weighted by Gasteiger charge is -2.22. The summed E-state index contributed by atoms with van der Waals surface area (Å²) in [4.78, 5) is 11.0. The van der Waals surface area contributed by atoms with Gasteiger partial charge in [0.15, 0.2) is 5.78 Å². The number of carbonyl (C=O) groups excluding carboxylic acids is 1. The first-order valence-corrected chi connectivity index (χ1v) is 4.35. The number of allylic oxidation sites excluding steroid dienone is 2. The molecule has 0 aromatic rings. The van der Waals surface area contributed by atoms with Crippen LogP contribution in [0.5, 0.6) is 0 Å². The molecular weight excluding hydrogens is 136 g/mol. The van der Waals surface area contributed by atoms with Crippen LogP contribution in [0.4, 0.5) is 0 Å².